The van der Waals surface area contributed by atoms with Gasteiger partial charge in [-0.1, -0.05) is 42.5 Å². The van der Waals surface area contributed by atoms with Gasteiger partial charge in [0.1, 0.15) is 0 Å². The van der Waals surface area contributed by atoms with Gasteiger partial charge in [0.25, 0.3) is 5.91 Å². The first kappa shape index (κ1) is 18.2. The third-order valence-electron chi connectivity index (χ3n) is 5.34. The smallest absolute Gasteiger partial charge is 0.276 e. The maximum absolute atomic E-state index is 12.8. The fourth-order valence-corrected chi connectivity index (χ4v) is 3.60. The van der Waals surface area contributed by atoms with Gasteiger partial charge in [0.05, 0.1) is 11.9 Å². The van der Waals surface area contributed by atoms with Crippen LogP contribution in [0.5, 0.6) is 0 Å². The number of anilines is 1. The first-order valence-electron chi connectivity index (χ1n) is 9.77. The van der Waals surface area contributed by atoms with E-state index in [-0.39, 0.29) is 5.91 Å². The van der Waals surface area contributed by atoms with Gasteiger partial charge in [-0.3, -0.25) is 4.79 Å². The summed E-state index contributed by atoms with van der Waals surface area (Å²) in [7, 11) is 0. The van der Waals surface area contributed by atoms with Crippen LogP contribution in [0.3, 0.4) is 0 Å². The molecule has 0 bridgehead atoms. The highest BCUT2D eigenvalue weighted by atomic mass is 16.2. The minimum Gasteiger partial charge on any atom is -0.368 e. The van der Waals surface area contributed by atoms with Crippen LogP contribution in [-0.4, -0.2) is 52.0 Å². The molecule has 0 saturated carbocycles. The Bertz CT molecular complexity index is 955. The Balaban J connectivity index is 1.42. The van der Waals surface area contributed by atoms with E-state index in [4.69, 9.17) is 0 Å². The van der Waals surface area contributed by atoms with Crippen LogP contribution in [-0.2, 0) is 6.42 Å². The molecule has 1 saturated heterocycles. The average molecular weight is 375 g/mol. The molecule has 0 radical (unpaired) electrons. The van der Waals surface area contributed by atoms with Gasteiger partial charge in [-0.2, -0.15) is 0 Å². The van der Waals surface area contributed by atoms with Gasteiger partial charge >= 0.3 is 0 Å². The van der Waals surface area contributed by atoms with Crippen molar-refractivity contribution in [1.29, 1.82) is 0 Å². The van der Waals surface area contributed by atoms with Gasteiger partial charge < -0.3 is 9.80 Å². The summed E-state index contributed by atoms with van der Waals surface area (Å²) in [5, 5.41) is 8.25. The first-order valence-corrected chi connectivity index (χ1v) is 9.77. The molecule has 3 aromatic rings. The minimum absolute atomic E-state index is 0.0548. The highest BCUT2D eigenvalue weighted by molar-refractivity contribution is 5.92. The van der Waals surface area contributed by atoms with Crippen LogP contribution in [0.2, 0.25) is 0 Å². The standard InChI is InChI=1S/C22H25N5O/c1-3-18-8-10-19(11-9-18)27-16-20(23-24-27)22(28)26-14-12-25(13-15-26)21-7-5-4-6-17(21)2/h4-11,16H,3,12-15H2,1-2H3. The molecule has 6 nitrogen and oxygen atoms in total. The first-order chi connectivity index (χ1) is 13.7. The summed E-state index contributed by atoms with van der Waals surface area (Å²) >= 11 is 0. The number of carbonyl (C=O) groups is 1. The number of piperazine rings is 1. The van der Waals surface area contributed by atoms with E-state index in [1.54, 1.807) is 10.9 Å². The zero-order valence-corrected chi connectivity index (χ0v) is 16.4. The van der Waals surface area contributed by atoms with E-state index in [1.807, 2.05) is 17.0 Å². The van der Waals surface area contributed by atoms with E-state index >= 15 is 0 Å². The van der Waals surface area contributed by atoms with Crippen molar-refractivity contribution >= 4 is 11.6 Å². The lowest BCUT2D eigenvalue weighted by Gasteiger charge is -2.36. The van der Waals surface area contributed by atoms with Crippen LogP contribution in [0.4, 0.5) is 5.69 Å². The second kappa shape index (κ2) is 7.84. The third kappa shape index (κ3) is 3.63. The fraction of sp³-hybridized carbons (Fsp3) is 0.318. The number of hydrogen-bond donors (Lipinski definition) is 0. The molecule has 1 aliphatic heterocycles. The molecule has 1 aromatic heterocycles. The van der Waals surface area contributed by atoms with E-state index in [0.29, 0.717) is 18.8 Å². The maximum atomic E-state index is 12.8. The molecule has 6 heteroatoms. The van der Waals surface area contributed by atoms with Crippen LogP contribution in [0.15, 0.2) is 54.7 Å². The molecule has 1 aliphatic rings. The lowest BCUT2D eigenvalue weighted by atomic mass is 10.1. The predicted molar refractivity (Wildman–Crippen MR) is 110 cm³/mol. The molecule has 4 rings (SSSR count). The number of amides is 1. The van der Waals surface area contributed by atoms with E-state index in [9.17, 15) is 4.79 Å². The summed E-state index contributed by atoms with van der Waals surface area (Å²) in [5.41, 5.74) is 5.08. The molecule has 0 atom stereocenters. The van der Waals surface area contributed by atoms with Gasteiger partial charge in [-0.15, -0.1) is 5.10 Å². The molecule has 0 spiro atoms. The van der Waals surface area contributed by atoms with Crippen molar-refractivity contribution in [3.63, 3.8) is 0 Å². The summed E-state index contributed by atoms with van der Waals surface area (Å²) in [6.45, 7) is 7.27. The topological polar surface area (TPSA) is 54.3 Å². The number of rotatable bonds is 4. The number of benzene rings is 2. The largest absolute Gasteiger partial charge is 0.368 e. The van der Waals surface area contributed by atoms with Gasteiger partial charge in [0, 0.05) is 31.9 Å². The molecule has 2 heterocycles. The van der Waals surface area contributed by atoms with E-state index in [1.165, 1.54) is 16.8 Å². The zero-order valence-electron chi connectivity index (χ0n) is 16.4. The fourth-order valence-electron chi connectivity index (χ4n) is 3.60. The highest BCUT2D eigenvalue weighted by Gasteiger charge is 2.24. The maximum Gasteiger partial charge on any atom is 0.276 e. The second-order valence-electron chi connectivity index (χ2n) is 7.13. The Morgan fingerprint density at radius 2 is 1.71 bits per heavy atom. The van der Waals surface area contributed by atoms with Crippen LogP contribution < -0.4 is 4.90 Å². The van der Waals surface area contributed by atoms with Crippen molar-refractivity contribution in [3.05, 3.63) is 71.5 Å². The molecule has 0 N–H and O–H groups in total. The molecule has 1 fully saturated rings. The lowest BCUT2D eigenvalue weighted by molar-refractivity contribution is 0.0740. The van der Waals surface area contributed by atoms with Crippen LogP contribution >= 0.6 is 0 Å². The van der Waals surface area contributed by atoms with E-state index in [0.717, 1.165) is 25.2 Å². The highest BCUT2D eigenvalue weighted by Crippen LogP contribution is 2.21. The molecular formula is C22H25N5O. The molecule has 0 unspecified atom stereocenters. The number of aryl methyl sites for hydroxylation is 2. The molecule has 1 amide bonds. The monoisotopic (exact) mass is 375 g/mol. The van der Waals surface area contributed by atoms with E-state index in [2.05, 4.69) is 65.5 Å². The zero-order chi connectivity index (χ0) is 19.5. The molecule has 0 aliphatic carbocycles. The van der Waals surface area contributed by atoms with Gasteiger partial charge in [-0.25, -0.2) is 4.68 Å². The van der Waals surface area contributed by atoms with Gasteiger partial charge in [-0.05, 0) is 42.7 Å². The predicted octanol–water partition coefficient (Wildman–Crippen LogP) is 3.10. The van der Waals surface area contributed by atoms with Crippen molar-refractivity contribution < 1.29 is 4.79 Å². The quantitative estimate of drug-likeness (QED) is 0.703. The van der Waals surface area contributed by atoms with Crippen molar-refractivity contribution in [2.24, 2.45) is 0 Å². The van der Waals surface area contributed by atoms with Crippen LogP contribution in [0, 0.1) is 6.92 Å². The number of carbonyl (C=O) groups excluding carboxylic acids is 1. The second-order valence-corrected chi connectivity index (χ2v) is 7.13. The van der Waals surface area contributed by atoms with Gasteiger partial charge in [0.15, 0.2) is 5.69 Å². The summed E-state index contributed by atoms with van der Waals surface area (Å²) in [6, 6.07) is 16.5. The molecule has 28 heavy (non-hydrogen) atoms. The van der Waals surface area contributed by atoms with Gasteiger partial charge in [0.2, 0.25) is 0 Å². The number of hydrogen-bond acceptors (Lipinski definition) is 4. The number of aromatic nitrogens is 3. The summed E-state index contributed by atoms with van der Waals surface area (Å²) in [6.07, 6.45) is 2.72. The van der Waals surface area contributed by atoms with E-state index < -0.39 is 0 Å². The molecule has 144 valence electrons. The Labute approximate surface area is 165 Å². The normalized spacial score (nSPS) is 14.4. The van der Waals surface area contributed by atoms with Crippen molar-refractivity contribution in [1.82, 2.24) is 19.9 Å². The minimum atomic E-state index is -0.0548. The number of nitrogens with zero attached hydrogens (tertiary/aromatic N) is 5. The lowest BCUT2D eigenvalue weighted by Crippen LogP contribution is -2.49. The Morgan fingerprint density at radius 3 is 2.39 bits per heavy atom. The van der Waals surface area contributed by atoms with Crippen molar-refractivity contribution in [3.8, 4) is 5.69 Å². The molecule has 2 aromatic carbocycles. The Hall–Kier alpha value is -3.15. The number of para-hydroxylation sites is 1. The third-order valence-corrected chi connectivity index (χ3v) is 5.34. The van der Waals surface area contributed by atoms with Crippen molar-refractivity contribution in [2.75, 3.05) is 31.1 Å². The summed E-state index contributed by atoms with van der Waals surface area (Å²) in [5.74, 6) is -0.0548. The molecular weight excluding hydrogens is 350 g/mol. The average Bonchev–Trinajstić information content (AvgIpc) is 3.24. The SMILES string of the molecule is CCc1ccc(-n2cc(C(=O)N3CCN(c4ccccc4C)CC3)nn2)cc1. The summed E-state index contributed by atoms with van der Waals surface area (Å²) < 4.78 is 1.66. The van der Waals surface area contributed by atoms with Crippen molar-refractivity contribution in [2.45, 2.75) is 20.3 Å². The summed E-state index contributed by atoms with van der Waals surface area (Å²) in [4.78, 5) is 17.0. The Kier molecular flexibility index (Phi) is 5.10. The Morgan fingerprint density at radius 1 is 1.00 bits per heavy atom. The van der Waals surface area contributed by atoms with Crippen LogP contribution in [0.25, 0.3) is 5.69 Å². The van der Waals surface area contributed by atoms with Crippen LogP contribution in [0.1, 0.15) is 28.5 Å².